The van der Waals surface area contributed by atoms with Crippen LogP contribution in [0, 0.1) is 0 Å². The molecule has 0 atom stereocenters. The van der Waals surface area contributed by atoms with E-state index in [-0.39, 0.29) is 19.5 Å². The molecular formula is C36H68O4Zn. The second kappa shape index (κ2) is 41.2. The number of rotatable bonds is 30. The quantitative estimate of drug-likeness (QED) is 0.0471. The number of allylic oxidation sites excluding steroid dienone is 4. The van der Waals surface area contributed by atoms with Crippen molar-refractivity contribution in [1.82, 2.24) is 0 Å². The molecule has 0 spiro atoms. The Morgan fingerprint density at radius 2 is 0.610 bits per heavy atom. The topological polar surface area (TPSA) is 74.6 Å². The third-order valence-corrected chi connectivity index (χ3v) is 7.30. The summed E-state index contributed by atoms with van der Waals surface area (Å²) in [5.74, 6) is -1.33. The van der Waals surface area contributed by atoms with Crippen LogP contribution in [-0.4, -0.2) is 22.2 Å². The number of unbranched alkanes of at least 4 members (excludes halogenated alkanes) is 22. The molecule has 0 saturated heterocycles. The van der Waals surface area contributed by atoms with Gasteiger partial charge in [0.1, 0.15) is 0 Å². The van der Waals surface area contributed by atoms with Crippen molar-refractivity contribution < 1.29 is 39.3 Å². The Hall–Kier alpha value is -0.957. The molecule has 0 heterocycles. The first-order valence-corrected chi connectivity index (χ1v) is 17.3. The van der Waals surface area contributed by atoms with Crippen LogP contribution in [0.1, 0.15) is 194 Å². The van der Waals surface area contributed by atoms with Crippen molar-refractivity contribution in [2.45, 2.75) is 194 Å². The molecule has 0 amide bonds. The van der Waals surface area contributed by atoms with Gasteiger partial charge >= 0.3 is 11.9 Å². The summed E-state index contributed by atoms with van der Waals surface area (Å²) in [7, 11) is 0. The largest absolute Gasteiger partial charge is 0.481 e. The van der Waals surface area contributed by atoms with Crippen LogP contribution in [0.25, 0.3) is 0 Å². The zero-order valence-corrected chi connectivity index (χ0v) is 30.5. The van der Waals surface area contributed by atoms with Crippen molar-refractivity contribution in [2.75, 3.05) is 0 Å². The number of aliphatic carboxylic acids is 2. The molecule has 41 heavy (non-hydrogen) atoms. The zero-order valence-electron chi connectivity index (χ0n) is 27.5. The maximum atomic E-state index is 10.3. The second-order valence-corrected chi connectivity index (χ2v) is 11.5. The molecule has 0 bridgehead atoms. The number of carboxylic acid groups (broad SMARTS) is 2. The number of hydrogen-bond acceptors (Lipinski definition) is 2. The van der Waals surface area contributed by atoms with Crippen molar-refractivity contribution in [3.63, 3.8) is 0 Å². The summed E-state index contributed by atoms with van der Waals surface area (Å²) in [6.07, 6.45) is 42.5. The maximum Gasteiger partial charge on any atom is 0.303 e. The van der Waals surface area contributed by atoms with E-state index >= 15 is 0 Å². The minimum Gasteiger partial charge on any atom is -0.481 e. The molecule has 0 unspecified atom stereocenters. The van der Waals surface area contributed by atoms with Crippen LogP contribution in [0.2, 0.25) is 0 Å². The van der Waals surface area contributed by atoms with E-state index in [1.165, 1.54) is 141 Å². The van der Waals surface area contributed by atoms with Gasteiger partial charge in [-0.05, 0) is 64.2 Å². The maximum absolute atomic E-state index is 10.3. The van der Waals surface area contributed by atoms with Crippen LogP contribution in [0.4, 0.5) is 0 Å². The van der Waals surface area contributed by atoms with Gasteiger partial charge in [0.15, 0.2) is 0 Å². The Balaban J connectivity index is -0.000000688. The van der Waals surface area contributed by atoms with E-state index in [9.17, 15) is 9.59 Å². The van der Waals surface area contributed by atoms with Gasteiger partial charge in [-0.3, -0.25) is 9.59 Å². The number of carbonyl (C=O) groups is 2. The summed E-state index contributed by atoms with van der Waals surface area (Å²) in [5.41, 5.74) is 0. The smallest absolute Gasteiger partial charge is 0.303 e. The van der Waals surface area contributed by atoms with Gasteiger partial charge in [0, 0.05) is 32.3 Å². The fourth-order valence-electron chi connectivity index (χ4n) is 4.69. The predicted molar refractivity (Wildman–Crippen MR) is 174 cm³/mol. The third-order valence-electron chi connectivity index (χ3n) is 7.30. The van der Waals surface area contributed by atoms with Crippen LogP contribution >= 0.6 is 0 Å². The summed E-state index contributed by atoms with van der Waals surface area (Å²) in [4.78, 5) is 20.6. The standard InChI is InChI=1S/2C18H34O2.Zn/c2*1-2-3-4-5-6-7-8-9-10-11-12-13-14-15-16-17-18(19)20;/h2*9-10H,2-8,11-17H2,1H3,(H,19,20);. The molecule has 0 aromatic heterocycles. The van der Waals surface area contributed by atoms with Crippen LogP contribution in [0.3, 0.4) is 0 Å². The minimum absolute atomic E-state index is 0. The fourth-order valence-corrected chi connectivity index (χ4v) is 4.69. The molecule has 0 aromatic carbocycles. The molecule has 0 aliphatic heterocycles. The monoisotopic (exact) mass is 628 g/mol. The average Bonchev–Trinajstić information content (AvgIpc) is 2.93. The Morgan fingerprint density at radius 1 is 0.390 bits per heavy atom. The molecule has 0 aliphatic rings. The van der Waals surface area contributed by atoms with Gasteiger partial charge in [0.25, 0.3) is 0 Å². The van der Waals surface area contributed by atoms with Crippen molar-refractivity contribution in [3.05, 3.63) is 24.3 Å². The van der Waals surface area contributed by atoms with Crippen LogP contribution in [0.15, 0.2) is 24.3 Å². The van der Waals surface area contributed by atoms with Crippen molar-refractivity contribution in [3.8, 4) is 0 Å². The van der Waals surface area contributed by atoms with E-state index in [4.69, 9.17) is 10.2 Å². The summed E-state index contributed by atoms with van der Waals surface area (Å²) in [5, 5.41) is 17.0. The summed E-state index contributed by atoms with van der Waals surface area (Å²) in [6, 6.07) is 0. The Bertz CT molecular complexity index is 524. The molecule has 0 aromatic rings. The van der Waals surface area contributed by atoms with Gasteiger partial charge in [0.05, 0.1) is 0 Å². The Labute approximate surface area is 268 Å². The summed E-state index contributed by atoms with van der Waals surface area (Å²) < 4.78 is 0. The second-order valence-electron chi connectivity index (χ2n) is 11.5. The van der Waals surface area contributed by atoms with Crippen LogP contribution in [0.5, 0.6) is 0 Å². The Morgan fingerprint density at radius 3 is 0.854 bits per heavy atom. The van der Waals surface area contributed by atoms with E-state index in [1.54, 1.807) is 0 Å². The molecule has 2 N–H and O–H groups in total. The molecule has 0 saturated carbocycles. The number of carboxylic acids is 2. The van der Waals surface area contributed by atoms with Gasteiger partial charge in [-0.1, -0.05) is 141 Å². The average molecular weight is 630 g/mol. The molecule has 4 nitrogen and oxygen atoms in total. The van der Waals surface area contributed by atoms with Gasteiger partial charge in [-0.2, -0.15) is 0 Å². The molecule has 0 fully saturated rings. The van der Waals surface area contributed by atoms with Crippen molar-refractivity contribution >= 4 is 11.9 Å². The summed E-state index contributed by atoms with van der Waals surface area (Å²) in [6.45, 7) is 4.52. The molecule has 5 heteroatoms. The molecule has 0 aliphatic carbocycles. The molecular weight excluding hydrogens is 562 g/mol. The van der Waals surface area contributed by atoms with E-state index in [0.29, 0.717) is 12.8 Å². The SMILES string of the molecule is CCCCCCCCC=CCCCCCCCC(=O)O.CCCCCCCCC=CCCCCCCCC(=O)O.[Zn]. The van der Waals surface area contributed by atoms with E-state index in [0.717, 1.165) is 25.7 Å². The first kappa shape index (κ1) is 44.5. The molecule has 0 rings (SSSR count). The van der Waals surface area contributed by atoms with E-state index < -0.39 is 11.9 Å². The normalized spacial score (nSPS) is 11.0. The van der Waals surface area contributed by atoms with Gasteiger partial charge in [0.2, 0.25) is 0 Å². The van der Waals surface area contributed by atoms with E-state index in [2.05, 4.69) is 38.2 Å². The van der Waals surface area contributed by atoms with E-state index in [1.807, 2.05) is 0 Å². The van der Waals surface area contributed by atoms with Gasteiger partial charge < -0.3 is 10.2 Å². The molecule has 238 valence electrons. The first-order valence-electron chi connectivity index (χ1n) is 17.3. The van der Waals surface area contributed by atoms with Gasteiger partial charge in [-0.15, -0.1) is 0 Å². The predicted octanol–water partition coefficient (Wildman–Crippen LogP) is 12.2. The van der Waals surface area contributed by atoms with Crippen LogP contribution in [-0.2, 0) is 29.1 Å². The summed E-state index contributed by atoms with van der Waals surface area (Å²) >= 11 is 0. The zero-order chi connectivity index (χ0) is 29.8. The van der Waals surface area contributed by atoms with Crippen LogP contribution < -0.4 is 0 Å². The molecule has 0 radical (unpaired) electrons. The Kier molecular flexibility index (Phi) is 44.7. The minimum atomic E-state index is -0.664. The fraction of sp³-hybridized carbons (Fsp3) is 0.833. The van der Waals surface area contributed by atoms with Crippen molar-refractivity contribution in [1.29, 1.82) is 0 Å². The number of hydrogen-bond donors (Lipinski definition) is 2. The first-order chi connectivity index (χ1) is 19.5. The third kappa shape index (κ3) is 49.1. The van der Waals surface area contributed by atoms with Crippen molar-refractivity contribution in [2.24, 2.45) is 0 Å². The van der Waals surface area contributed by atoms with Gasteiger partial charge in [-0.25, -0.2) is 0 Å².